The third-order valence-electron chi connectivity index (χ3n) is 3.28. The molecular weight excluding hydrogens is 231 g/mol. The van der Waals surface area contributed by atoms with Gasteiger partial charge in [-0.15, -0.1) is 0 Å². The lowest BCUT2D eigenvalue weighted by atomic mass is 10.1. The van der Waals surface area contributed by atoms with Gasteiger partial charge in [-0.05, 0) is 37.1 Å². The summed E-state index contributed by atoms with van der Waals surface area (Å²) in [6.45, 7) is 7.17. The molecule has 1 saturated heterocycles. The molecular formula is C14H21FN2O. The van der Waals surface area contributed by atoms with E-state index in [1.807, 2.05) is 6.07 Å². The number of nitrogens with zero attached hydrogens (tertiary/aromatic N) is 1. The summed E-state index contributed by atoms with van der Waals surface area (Å²) in [6.07, 6.45) is 0.492. The first-order valence-electron chi connectivity index (χ1n) is 6.43. The van der Waals surface area contributed by atoms with Crippen LogP contribution in [0.2, 0.25) is 0 Å². The lowest BCUT2D eigenvalue weighted by Crippen LogP contribution is -2.44. The first kappa shape index (κ1) is 13.5. The quantitative estimate of drug-likeness (QED) is 0.893. The van der Waals surface area contributed by atoms with Crippen molar-refractivity contribution < 1.29 is 9.13 Å². The van der Waals surface area contributed by atoms with Gasteiger partial charge in [0.05, 0.1) is 12.2 Å². The minimum atomic E-state index is -0.220. The summed E-state index contributed by atoms with van der Waals surface area (Å²) in [5.41, 5.74) is 7.67. The van der Waals surface area contributed by atoms with Crippen molar-refractivity contribution in [2.75, 3.05) is 13.1 Å². The van der Waals surface area contributed by atoms with Gasteiger partial charge in [-0.3, -0.25) is 4.90 Å². The van der Waals surface area contributed by atoms with Gasteiger partial charge >= 0.3 is 0 Å². The second kappa shape index (κ2) is 5.78. The largest absolute Gasteiger partial charge is 0.373 e. The zero-order valence-electron chi connectivity index (χ0n) is 11.0. The number of ether oxygens (including phenoxy) is 1. The van der Waals surface area contributed by atoms with Crippen LogP contribution in [0.25, 0.3) is 0 Å². The lowest BCUT2D eigenvalue weighted by molar-refractivity contribution is -0.0705. The van der Waals surface area contributed by atoms with Gasteiger partial charge in [0.15, 0.2) is 0 Å². The maximum atomic E-state index is 13.1. The molecule has 0 amide bonds. The summed E-state index contributed by atoms with van der Waals surface area (Å²) >= 11 is 0. The van der Waals surface area contributed by atoms with E-state index in [0.717, 1.165) is 30.8 Å². The van der Waals surface area contributed by atoms with Crippen molar-refractivity contribution in [3.8, 4) is 0 Å². The van der Waals surface area contributed by atoms with Gasteiger partial charge in [0.25, 0.3) is 0 Å². The van der Waals surface area contributed by atoms with Gasteiger partial charge in [-0.1, -0.05) is 6.07 Å². The number of morpholine rings is 1. The summed E-state index contributed by atoms with van der Waals surface area (Å²) < 4.78 is 18.9. The maximum absolute atomic E-state index is 13.1. The Labute approximate surface area is 108 Å². The highest BCUT2D eigenvalue weighted by molar-refractivity contribution is 5.27. The molecule has 2 N–H and O–H groups in total. The van der Waals surface area contributed by atoms with Crippen molar-refractivity contribution in [2.45, 2.75) is 39.1 Å². The summed E-state index contributed by atoms with van der Waals surface area (Å²) in [5.74, 6) is -0.220. The molecule has 1 fully saturated rings. The van der Waals surface area contributed by atoms with Gasteiger partial charge in [0, 0.05) is 26.2 Å². The van der Waals surface area contributed by atoms with Gasteiger partial charge in [-0.2, -0.15) is 0 Å². The summed E-state index contributed by atoms with van der Waals surface area (Å²) in [5, 5.41) is 0. The van der Waals surface area contributed by atoms with Crippen LogP contribution in [0.4, 0.5) is 4.39 Å². The normalized spacial score (nSPS) is 25.3. The third-order valence-corrected chi connectivity index (χ3v) is 3.28. The van der Waals surface area contributed by atoms with Crippen LogP contribution >= 0.6 is 0 Å². The molecule has 100 valence electrons. The standard InChI is InChI=1S/C14H21FN2O/c1-10-7-17(8-11(2)18-10)9-12-3-4-14(15)5-13(12)6-16/h3-5,10-11H,6-9,16H2,1-2H3. The van der Waals surface area contributed by atoms with Crippen LogP contribution in [0, 0.1) is 5.82 Å². The Morgan fingerprint density at radius 2 is 1.94 bits per heavy atom. The molecule has 1 aliphatic heterocycles. The van der Waals surface area contributed by atoms with Crippen molar-refractivity contribution >= 4 is 0 Å². The van der Waals surface area contributed by atoms with Crippen molar-refractivity contribution in [1.29, 1.82) is 0 Å². The molecule has 2 atom stereocenters. The van der Waals surface area contributed by atoms with E-state index in [2.05, 4.69) is 18.7 Å². The molecule has 4 heteroatoms. The molecule has 1 aromatic rings. The van der Waals surface area contributed by atoms with Gasteiger partial charge < -0.3 is 10.5 Å². The molecule has 1 heterocycles. The molecule has 0 aliphatic carbocycles. The Balaban J connectivity index is 2.08. The first-order chi connectivity index (χ1) is 8.58. The van der Waals surface area contributed by atoms with Gasteiger partial charge in [0.2, 0.25) is 0 Å². The smallest absolute Gasteiger partial charge is 0.123 e. The molecule has 0 saturated carbocycles. The SMILES string of the molecule is CC1CN(Cc2ccc(F)cc2CN)CC(C)O1. The van der Waals surface area contributed by atoms with E-state index in [9.17, 15) is 4.39 Å². The predicted octanol–water partition coefficient (Wildman–Crippen LogP) is 1.89. The van der Waals surface area contributed by atoms with E-state index in [-0.39, 0.29) is 18.0 Å². The Morgan fingerprint density at radius 3 is 2.56 bits per heavy atom. The van der Waals surface area contributed by atoms with Crippen LogP contribution in [0.1, 0.15) is 25.0 Å². The number of hydrogen-bond donors (Lipinski definition) is 1. The highest BCUT2D eigenvalue weighted by Crippen LogP contribution is 2.17. The van der Waals surface area contributed by atoms with Crippen LogP contribution < -0.4 is 5.73 Å². The van der Waals surface area contributed by atoms with E-state index in [0.29, 0.717) is 6.54 Å². The van der Waals surface area contributed by atoms with Crippen LogP contribution in [0.5, 0.6) is 0 Å². The number of rotatable bonds is 3. The molecule has 2 unspecified atom stereocenters. The highest BCUT2D eigenvalue weighted by Gasteiger charge is 2.22. The number of halogens is 1. The Bertz CT molecular complexity index is 401. The molecule has 3 nitrogen and oxygen atoms in total. The molecule has 0 aromatic heterocycles. The lowest BCUT2D eigenvalue weighted by Gasteiger charge is -2.35. The topological polar surface area (TPSA) is 38.5 Å². The van der Waals surface area contributed by atoms with Crippen LogP contribution in [0.15, 0.2) is 18.2 Å². The van der Waals surface area contributed by atoms with Crippen molar-refractivity contribution in [1.82, 2.24) is 4.90 Å². The molecule has 1 aromatic carbocycles. The van der Waals surface area contributed by atoms with E-state index in [1.54, 1.807) is 0 Å². The number of nitrogens with two attached hydrogens (primary N) is 1. The van der Waals surface area contributed by atoms with E-state index in [4.69, 9.17) is 10.5 Å². The predicted molar refractivity (Wildman–Crippen MR) is 69.6 cm³/mol. The zero-order valence-corrected chi connectivity index (χ0v) is 11.0. The molecule has 2 rings (SSSR count). The number of hydrogen-bond acceptors (Lipinski definition) is 3. The average Bonchev–Trinajstić information content (AvgIpc) is 2.30. The van der Waals surface area contributed by atoms with Crippen molar-refractivity contribution in [2.24, 2.45) is 5.73 Å². The van der Waals surface area contributed by atoms with Crippen molar-refractivity contribution in [3.05, 3.63) is 35.1 Å². The minimum absolute atomic E-state index is 0.220. The van der Waals surface area contributed by atoms with Crippen LogP contribution in [-0.2, 0) is 17.8 Å². The Kier molecular flexibility index (Phi) is 4.32. The Hall–Kier alpha value is -0.970. The summed E-state index contributed by atoms with van der Waals surface area (Å²) in [7, 11) is 0. The number of benzene rings is 1. The zero-order chi connectivity index (χ0) is 13.1. The molecule has 0 radical (unpaired) electrons. The van der Waals surface area contributed by atoms with Gasteiger partial charge in [0.1, 0.15) is 5.82 Å². The average molecular weight is 252 g/mol. The maximum Gasteiger partial charge on any atom is 0.123 e. The second-order valence-electron chi connectivity index (χ2n) is 5.07. The fourth-order valence-corrected chi connectivity index (χ4v) is 2.59. The van der Waals surface area contributed by atoms with Crippen molar-refractivity contribution in [3.63, 3.8) is 0 Å². The monoisotopic (exact) mass is 252 g/mol. The summed E-state index contributed by atoms with van der Waals surface area (Å²) in [6, 6.07) is 4.87. The molecule has 0 spiro atoms. The fraction of sp³-hybridized carbons (Fsp3) is 0.571. The van der Waals surface area contributed by atoms with Gasteiger partial charge in [-0.25, -0.2) is 4.39 Å². The van der Waals surface area contributed by atoms with Crippen LogP contribution in [0.3, 0.4) is 0 Å². The summed E-state index contributed by atoms with van der Waals surface area (Å²) in [4.78, 5) is 2.34. The second-order valence-corrected chi connectivity index (χ2v) is 5.07. The Morgan fingerprint density at radius 1 is 1.28 bits per heavy atom. The fourth-order valence-electron chi connectivity index (χ4n) is 2.59. The minimum Gasteiger partial charge on any atom is -0.373 e. The molecule has 18 heavy (non-hydrogen) atoms. The van der Waals surface area contributed by atoms with E-state index < -0.39 is 0 Å². The molecule has 1 aliphatic rings. The first-order valence-corrected chi connectivity index (χ1v) is 6.43. The van der Waals surface area contributed by atoms with E-state index >= 15 is 0 Å². The van der Waals surface area contributed by atoms with Crippen LogP contribution in [-0.4, -0.2) is 30.2 Å². The highest BCUT2D eigenvalue weighted by atomic mass is 19.1. The third kappa shape index (κ3) is 3.28. The van der Waals surface area contributed by atoms with E-state index in [1.165, 1.54) is 12.1 Å². The molecule has 0 bridgehead atoms.